The van der Waals surface area contributed by atoms with Crippen LogP contribution in [0.15, 0.2) is 30.6 Å². The van der Waals surface area contributed by atoms with Crippen molar-refractivity contribution in [3.05, 3.63) is 42.1 Å². The lowest BCUT2D eigenvalue weighted by atomic mass is 10.1. The average Bonchev–Trinajstić information content (AvgIpc) is 2.53. The molecule has 2 heterocycles. The van der Waals surface area contributed by atoms with E-state index in [4.69, 9.17) is 4.74 Å². The van der Waals surface area contributed by atoms with Gasteiger partial charge in [-0.3, -0.25) is 14.6 Å². The van der Waals surface area contributed by atoms with Crippen molar-refractivity contribution >= 4 is 17.6 Å². The average molecular weight is 385 g/mol. The van der Waals surface area contributed by atoms with E-state index in [-0.39, 0.29) is 11.3 Å². The van der Waals surface area contributed by atoms with Gasteiger partial charge in [-0.1, -0.05) is 0 Å². The molecular formula is C17H15F4N3O3. The number of carbonyl (C=O) groups excluding carboxylic acids is 2. The zero-order valence-electron chi connectivity index (χ0n) is 14.5. The number of aromatic nitrogens is 2. The monoisotopic (exact) mass is 385 g/mol. The lowest BCUT2D eigenvalue weighted by Gasteiger charge is -2.24. The van der Waals surface area contributed by atoms with Gasteiger partial charge < -0.3 is 10.1 Å². The maximum atomic E-state index is 13.4. The third-order valence-electron chi connectivity index (χ3n) is 3.36. The maximum absolute atomic E-state index is 13.4. The molecule has 1 N–H and O–H groups in total. The molecule has 0 fully saturated rings. The largest absolute Gasteiger partial charge is 0.450 e. The van der Waals surface area contributed by atoms with Gasteiger partial charge in [0.15, 0.2) is 11.3 Å². The van der Waals surface area contributed by atoms with Crippen LogP contribution in [0.25, 0.3) is 11.3 Å². The van der Waals surface area contributed by atoms with E-state index in [2.05, 4.69) is 15.3 Å². The number of nitrogens with one attached hydrogen (secondary N) is 1. The fourth-order valence-electron chi connectivity index (χ4n) is 2.17. The Morgan fingerprint density at radius 3 is 2.37 bits per heavy atom. The molecule has 27 heavy (non-hydrogen) atoms. The minimum absolute atomic E-state index is 0.0404. The number of hydrogen-bond donors (Lipinski definition) is 1. The Kier molecular flexibility index (Phi) is 5.48. The van der Waals surface area contributed by atoms with Crippen molar-refractivity contribution in [1.82, 2.24) is 9.97 Å². The fourth-order valence-corrected chi connectivity index (χ4v) is 2.17. The lowest BCUT2D eigenvalue weighted by Crippen LogP contribution is -2.41. The standard InChI is InChI=1S/C17H15F4N3O3/c1-9(25)27-16(2,3)15(26)24-13-5-4-12(23-14(13)17(19,20)21)10-6-11(18)8-22-7-10/h4-8H,1-3H3,(H,24,26). The summed E-state index contributed by atoms with van der Waals surface area (Å²) in [6, 6.07) is 3.15. The van der Waals surface area contributed by atoms with Crippen molar-refractivity contribution in [3.8, 4) is 11.3 Å². The molecule has 0 aromatic carbocycles. The van der Waals surface area contributed by atoms with E-state index >= 15 is 0 Å². The van der Waals surface area contributed by atoms with Crippen molar-refractivity contribution in [1.29, 1.82) is 0 Å². The quantitative estimate of drug-likeness (QED) is 0.643. The second kappa shape index (κ2) is 7.29. The van der Waals surface area contributed by atoms with Crippen molar-refractivity contribution < 1.29 is 31.9 Å². The van der Waals surface area contributed by atoms with Crippen LogP contribution < -0.4 is 5.32 Å². The first-order valence-electron chi connectivity index (χ1n) is 7.60. The molecule has 2 aromatic rings. The molecule has 0 saturated heterocycles. The van der Waals surface area contributed by atoms with Crippen LogP contribution >= 0.6 is 0 Å². The predicted octanol–water partition coefficient (Wildman–Crippen LogP) is 3.58. The lowest BCUT2D eigenvalue weighted by molar-refractivity contribution is -0.160. The van der Waals surface area contributed by atoms with Gasteiger partial charge >= 0.3 is 12.1 Å². The number of carbonyl (C=O) groups is 2. The Labute approximate surface area is 151 Å². The molecule has 0 unspecified atom stereocenters. The smallest absolute Gasteiger partial charge is 0.435 e. The number of esters is 1. The van der Waals surface area contributed by atoms with Crippen molar-refractivity contribution in [3.63, 3.8) is 0 Å². The summed E-state index contributed by atoms with van der Waals surface area (Å²) in [5, 5.41) is 2.06. The molecule has 2 aromatic heterocycles. The number of hydrogen-bond acceptors (Lipinski definition) is 5. The molecule has 0 aliphatic heterocycles. The number of pyridine rings is 2. The van der Waals surface area contributed by atoms with Gasteiger partial charge in [-0.2, -0.15) is 13.2 Å². The molecule has 0 spiro atoms. The van der Waals surface area contributed by atoms with Gasteiger partial charge in [-0.05, 0) is 32.0 Å². The summed E-state index contributed by atoms with van der Waals surface area (Å²) >= 11 is 0. The van der Waals surface area contributed by atoms with E-state index in [0.29, 0.717) is 0 Å². The highest BCUT2D eigenvalue weighted by molar-refractivity contribution is 5.98. The number of rotatable bonds is 4. The highest BCUT2D eigenvalue weighted by Crippen LogP contribution is 2.35. The summed E-state index contributed by atoms with van der Waals surface area (Å²) in [4.78, 5) is 30.3. The highest BCUT2D eigenvalue weighted by Gasteiger charge is 2.38. The number of alkyl halides is 3. The van der Waals surface area contributed by atoms with Gasteiger partial charge in [0.1, 0.15) is 5.82 Å². The van der Waals surface area contributed by atoms with Gasteiger partial charge in [0.05, 0.1) is 17.6 Å². The van der Waals surface area contributed by atoms with Crippen LogP contribution in [0.3, 0.4) is 0 Å². The van der Waals surface area contributed by atoms with Crippen molar-refractivity contribution in [2.45, 2.75) is 32.5 Å². The van der Waals surface area contributed by atoms with Crippen LogP contribution in [0, 0.1) is 5.82 Å². The molecule has 0 aliphatic carbocycles. The third-order valence-corrected chi connectivity index (χ3v) is 3.36. The molecule has 2 rings (SSSR count). The van der Waals surface area contributed by atoms with Gasteiger partial charge in [0.25, 0.3) is 5.91 Å². The van der Waals surface area contributed by atoms with Crippen LogP contribution in [0.1, 0.15) is 26.5 Å². The summed E-state index contributed by atoms with van der Waals surface area (Å²) in [5.41, 5.74) is -3.83. The molecular weight excluding hydrogens is 370 g/mol. The second-order valence-electron chi connectivity index (χ2n) is 6.04. The highest BCUT2D eigenvalue weighted by atomic mass is 19.4. The Morgan fingerprint density at radius 1 is 1.15 bits per heavy atom. The molecule has 0 radical (unpaired) electrons. The van der Waals surface area contributed by atoms with Gasteiger partial charge in [-0.15, -0.1) is 0 Å². The van der Waals surface area contributed by atoms with Crippen molar-refractivity contribution in [2.24, 2.45) is 0 Å². The van der Waals surface area contributed by atoms with E-state index in [1.165, 1.54) is 19.9 Å². The minimum atomic E-state index is -4.90. The molecule has 1 amide bonds. The number of nitrogens with zero attached hydrogens (tertiary/aromatic N) is 2. The first-order chi connectivity index (χ1) is 12.4. The number of anilines is 1. The predicted molar refractivity (Wildman–Crippen MR) is 86.9 cm³/mol. The molecule has 0 saturated carbocycles. The summed E-state index contributed by atoms with van der Waals surface area (Å²) in [5.74, 6) is -2.47. The molecule has 0 bridgehead atoms. The zero-order chi connectivity index (χ0) is 20.4. The number of halogens is 4. The van der Waals surface area contributed by atoms with E-state index < -0.39 is 40.9 Å². The van der Waals surface area contributed by atoms with Crippen LogP contribution in [0.2, 0.25) is 0 Å². The molecule has 144 valence electrons. The van der Waals surface area contributed by atoms with E-state index in [1.54, 1.807) is 0 Å². The molecule has 10 heteroatoms. The van der Waals surface area contributed by atoms with Crippen molar-refractivity contribution in [2.75, 3.05) is 5.32 Å². The topological polar surface area (TPSA) is 81.2 Å². The summed E-state index contributed by atoms with van der Waals surface area (Å²) in [6.07, 6.45) is -2.83. The minimum Gasteiger partial charge on any atom is -0.450 e. The zero-order valence-corrected chi connectivity index (χ0v) is 14.5. The SMILES string of the molecule is CC(=O)OC(C)(C)C(=O)Nc1ccc(-c2cncc(F)c2)nc1C(F)(F)F. The fraction of sp³-hybridized carbons (Fsp3) is 0.294. The Balaban J connectivity index is 2.42. The van der Waals surface area contributed by atoms with E-state index in [0.717, 1.165) is 31.5 Å². The molecule has 6 nitrogen and oxygen atoms in total. The van der Waals surface area contributed by atoms with Crippen LogP contribution in [-0.2, 0) is 20.5 Å². The Bertz CT molecular complexity index is 882. The summed E-state index contributed by atoms with van der Waals surface area (Å²) < 4.78 is 58.2. The van der Waals surface area contributed by atoms with Gasteiger partial charge in [0.2, 0.25) is 0 Å². The first kappa shape index (κ1) is 20.3. The maximum Gasteiger partial charge on any atom is 0.435 e. The van der Waals surface area contributed by atoms with Gasteiger partial charge in [0, 0.05) is 18.7 Å². The first-order valence-corrected chi connectivity index (χ1v) is 7.60. The van der Waals surface area contributed by atoms with Crippen LogP contribution in [-0.4, -0.2) is 27.4 Å². The third kappa shape index (κ3) is 4.99. The Hall–Kier alpha value is -3.04. The molecule has 0 aliphatic rings. The second-order valence-corrected chi connectivity index (χ2v) is 6.04. The summed E-state index contributed by atoms with van der Waals surface area (Å²) in [6.45, 7) is 3.54. The van der Waals surface area contributed by atoms with Crippen LogP contribution in [0.5, 0.6) is 0 Å². The van der Waals surface area contributed by atoms with E-state index in [1.807, 2.05) is 0 Å². The van der Waals surface area contributed by atoms with Crippen LogP contribution in [0.4, 0.5) is 23.2 Å². The van der Waals surface area contributed by atoms with E-state index in [9.17, 15) is 27.2 Å². The normalized spacial score (nSPS) is 11.8. The summed E-state index contributed by atoms with van der Waals surface area (Å²) in [7, 11) is 0. The number of amides is 1. The van der Waals surface area contributed by atoms with Gasteiger partial charge in [-0.25, -0.2) is 9.37 Å². The Morgan fingerprint density at radius 2 is 1.81 bits per heavy atom. The molecule has 0 atom stereocenters. The number of ether oxygens (including phenoxy) is 1.